The lowest BCUT2D eigenvalue weighted by Gasteiger charge is -2.35. The maximum Gasteiger partial charge on any atom is 0.322 e. The second-order valence-corrected chi connectivity index (χ2v) is 7.25. The number of halogens is 3. The van der Waals surface area contributed by atoms with Gasteiger partial charge in [-0.3, -0.25) is 0 Å². The van der Waals surface area contributed by atoms with Crippen LogP contribution in [-0.2, 0) is 0 Å². The molecule has 30 heavy (non-hydrogen) atoms. The molecule has 1 fully saturated rings. The van der Waals surface area contributed by atoms with Crippen LogP contribution in [0.4, 0.5) is 25.1 Å². The number of nitrogens with one attached hydrogen (secondary N) is 1. The number of urea groups is 1. The van der Waals surface area contributed by atoms with Crippen molar-refractivity contribution in [2.45, 2.75) is 0 Å². The van der Waals surface area contributed by atoms with Crippen LogP contribution in [-0.4, -0.2) is 47.3 Å². The Kier molecular flexibility index (Phi) is 5.76. The minimum atomic E-state index is -0.681. The molecule has 1 saturated heterocycles. The van der Waals surface area contributed by atoms with Crippen LogP contribution in [0.3, 0.4) is 0 Å². The summed E-state index contributed by atoms with van der Waals surface area (Å²) in [6, 6.07) is 13.6. The fraction of sp³-hybridized carbons (Fsp3) is 0.190. The molecule has 1 aliphatic heterocycles. The van der Waals surface area contributed by atoms with Crippen molar-refractivity contribution < 1.29 is 13.6 Å². The van der Waals surface area contributed by atoms with Crippen molar-refractivity contribution in [3.63, 3.8) is 0 Å². The Balaban J connectivity index is 1.35. The molecule has 1 N–H and O–H groups in total. The zero-order chi connectivity index (χ0) is 21.1. The molecule has 2 aromatic carbocycles. The monoisotopic (exact) mass is 429 g/mol. The third-order valence-corrected chi connectivity index (χ3v) is 5.10. The van der Waals surface area contributed by atoms with Crippen LogP contribution in [0.2, 0.25) is 5.02 Å². The molecule has 0 radical (unpaired) electrons. The van der Waals surface area contributed by atoms with Gasteiger partial charge in [0.15, 0.2) is 5.82 Å². The van der Waals surface area contributed by atoms with E-state index in [0.29, 0.717) is 37.0 Å². The molecule has 0 aliphatic carbocycles. The van der Waals surface area contributed by atoms with Crippen LogP contribution < -0.4 is 10.2 Å². The lowest BCUT2D eigenvalue weighted by atomic mass is 10.1. The summed E-state index contributed by atoms with van der Waals surface area (Å²) in [4.78, 5) is 15.9. The van der Waals surface area contributed by atoms with Gasteiger partial charge in [-0.15, -0.1) is 10.2 Å². The number of amides is 2. The van der Waals surface area contributed by atoms with E-state index < -0.39 is 17.7 Å². The molecule has 154 valence electrons. The van der Waals surface area contributed by atoms with Gasteiger partial charge in [-0.2, -0.15) is 0 Å². The largest absolute Gasteiger partial charge is 0.352 e. The number of piperazine rings is 1. The average molecular weight is 430 g/mol. The normalized spacial score (nSPS) is 14.0. The molecule has 9 heteroatoms. The van der Waals surface area contributed by atoms with Crippen LogP contribution in [0, 0.1) is 11.6 Å². The van der Waals surface area contributed by atoms with Gasteiger partial charge in [-0.05, 0) is 36.4 Å². The number of carbonyl (C=O) groups is 1. The maximum atomic E-state index is 13.7. The summed E-state index contributed by atoms with van der Waals surface area (Å²) in [5, 5.41) is 11.6. The summed E-state index contributed by atoms with van der Waals surface area (Å²) in [7, 11) is 0. The molecule has 2 heterocycles. The molecule has 3 aromatic rings. The van der Waals surface area contributed by atoms with Crippen molar-refractivity contribution in [3.05, 3.63) is 71.3 Å². The topological polar surface area (TPSA) is 61.4 Å². The third kappa shape index (κ3) is 4.49. The molecule has 1 aliphatic rings. The fourth-order valence-corrected chi connectivity index (χ4v) is 3.32. The standard InChI is InChI=1S/C21H18ClF2N5O/c22-15-3-1-14(2-4-15)18-7-8-20(27-26-18)28-9-11-29(12-10-28)21(30)25-19-13-16(23)5-6-17(19)24/h1-8,13H,9-12H2,(H,25,30). The highest BCUT2D eigenvalue weighted by atomic mass is 35.5. The van der Waals surface area contributed by atoms with E-state index in [0.717, 1.165) is 29.5 Å². The van der Waals surface area contributed by atoms with Crippen molar-refractivity contribution in [1.29, 1.82) is 0 Å². The van der Waals surface area contributed by atoms with Gasteiger partial charge in [0.25, 0.3) is 0 Å². The van der Waals surface area contributed by atoms with Gasteiger partial charge in [0.05, 0.1) is 11.4 Å². The second-order valence-electron chi connectivity index (χ2n) is 6.81. The molecule has 1 aromatic heterocycles. The maximum absolute atomic E-state index is 13.7. The highest BCUT2D eigenvalue weighted by Gasteiger charge is 2.23. The number of rotatable bonds is 3. The lowest BCUT2D eigenvalue weighted by molar-refractivity contribution is 0.208. The minimum absolute atomic E-state index is 0.175. The number of hydrogen-bond acceptors (Lipinski definition) is 4. The van der Waals surface area contributed by atoms with Crippen LogP contribution in [0.15, 0.2) is 54.6 Å². The number of hydrogen-bond donors (Lipinski definition) is 1. The molecule has 4 rings (SSSR count). The smallest absolute Gasteiger partial charge is 0.322 e. The molecule has 0 bridgehead atoms. The molecule has 0 unspecified atom stereocenters. The van der Waals surface area contributed by atoms with E-state index >= 15 is 0 Å². The first-order valence-electron chi connectivity index (χ1n) is 9.35. The first-order valence-corrected chi connectivity index (χ1v) is 9.73. The van der Waals surface area contributed by atoms with Crippen LogP contribution in [0.1, 0.15) is 0 Å². The Morgan fingerprint density at radius 1 is 0.933 bits per heavy atom. The fourth-order valence-electron chi connectivity index (χ4n) is 3.19. The first kappa shape index (κ1) is 20.0. The Morgan fingerprint density at radius 3 is 2.33 bits per heavy atom. The Morgan fingerprint density at radius 2 is 1.67 bits per heavy atom. The van der Waals surface area contributed by atoms with E-state index in [-0.39, 0.29) is 5.69 Å². The SMILES string of the molecule is O=C(Nc1cc(F)ccc1F)N1CCN(c2ccc(-c3ccc(Cl)cc3)nn2)CC1. The highest BCUT2D eigenvalue weighted by molar-refractivity contribution is 6.30. The van der Waals surface area contributed by atoms with Gasteiger partial charge in [0.1, 0.15) is 11.6 Å². The van der Waals surface area contributed by atoms with Gasteiger partial charge in [-0.1, -0.05) is 23.7 Å². The summed E-state index contributed by atoms with van der Waals surface area (Å²) in [5.41, 5.74) is 1.49. The first-order chi connectivity index (χ1) is 14.5. The van der Waals surface area contributed by atoms with Crippen molar-refractivity contribution in [2.24, 2.45) is 0 Å². The quantitative estimate of drug-likeness (QED) is 0.669. The summed E-state index contributed by atoms with van der Waals surface area (Å²) >= 11 is 5.91. The van der Waals surface area contributed by atoms with Gasteiger partial charge in [0.2, 0.25) is 0 Å². The Hall–Kier alpha value is -3.26. The van der Waals surface area contributed by atoms with Crippen LogP contribution in [0.25, 0.3) is 11.3 Å². The molecular formula is C21H18ClF2N5O. The van der Waals surface area contributed by atoms with Gasteiger partial charge in [0, 0.05) is 42.8 Å². The Labute approximate surface area is 177 Å². The zero-order valence-electron chi connectivity index (χ0n) is 15.9. The van der Waals surface area contributed by atoms with Crippen molar-refractivity contribution in [3.8, 4) is 11.3 Å². The number of nitrogens with zero attached hydrogens (tertiary/aromatic N) is 4. The van der Waals surface area contributed by atoms with E-state index in [9.17, 15) is 13.6 Å². The summed E-state index contributed by atoms with van der Waals surface area (Å²) < 4.78 is 27.0. The third-order valence-electron chi connectivity index (χ3n) is 4.85. The summed E-state index contributed by atoms with van der Waals surface area (Å²) in [6.45, 7) is 1.94. The second kappa shape index (κ2) is 8.62. The van der Waals surface area contributed by atoms with E-state index in [1.54, 1.807) is 17.0 Å². The van der Waals surface area contributed by atoms with Gasteiger partial charge < -0.3 is 15.1 Å². The van der Waals surface area contributed by atoms with E-state index in [1.807, 2.05) is 29.2 Å². The number of benzene rings is 2. The molecule has 0 atom stereocenters. The molecular weight excluding hydrogens is 412 g/mol. The number of carbonyl (C=O) groups excluding carboxylic acids is 1. The minimum Gasteiger partial charge on any atom is -0.352 e. The van der Waals surface area contributed by atoms with E-state index in [2.05, 4.69) is 15.5 Å². The van der Waals surface area contributed by atoms with Crippen molar-refractivity contribution in [2.75, 3.05) is 36.4 Å². The lowest BCUT2D eigenvalue weighted by Crippen LogP contribution is -2.50. The number of aromatic nitrogens is 2. The van der Waals surface area contributed by atoms with E-state index in [4.69, 9.17) is 11.6 Å². The van der Waals surface area contributed by atoms with E-state index in [1.165, 1.54) is 0 Å². The molecule has 0 spiro atoms. The van der Waals surface area contributed by atoms with Gasteiger partial charge >= 0.3 is 6.03 Å². The predicted octanol–water partition coefficient (Wildman–Crippen LogP) is 4.43. The highest BCUT2D eigenvalue weighted by Crippen LogP contribution is 2.22. The van der Waals surface area contributed by atoms with Crippen molar-refractivity contribution in [1.82, 2.24) is 15.1 Å². The van der Waals surface area contributed by atoms with Crippen LogP contribution >= 0.6 is 11.6 Å². The molecule has 0 saturated carbocycles. The summed E-state index contributed by atoms with van der Waals surface area (Å²) in [5.74, 6) is -0.583. The van der Waals surface area contributed by atoms with Gasteiger partial charge in [-0.25, -0.2) is 13.6 Å². The van der Waals surface area contributed by atoms with Crippen molar-refractivity contribution >= 4 is 29.1 Å². The predicted molar refractivity (Wildman–Crippen MR) is 112 cm³/mol. The molecule has 2 amide bonds. The van der Waals surface area contributed by atoms with Crippen LogP contribution in [0.5, 0.6) is 0 Å². The number of anilines is 2. The average Bonchev–Trinajstić information content (AvgIpc) is 2.77. The Bertz CT molecular complexity index is 1040. The zero-order valence-corrected chi connectivity index (χ0v) is 16.6. The summed E-state index contributed by atoms with van der Waals surface area (Å²) in [6.07, 6.45) is 0. The molecule has 6 nitrogen and oxygen atoms in total.